The number of benzene rings is 2. The highest BCUT2D eigenvalue weighted by molar-refractivity contribution is 7.87. The number of halogens is 2. The standard InChI is InChI=1S/C15H13Cl2NO4S/c1-21-13-2-4-14(5-3-13)23(19,20)22-15(18)8-10-6-11(16)9-12(17)7-10/h2-7,9,18H,8H2,1H3. The van der Waals surface area contributed by atoms with Crippen molar-refractivity contribution in [2.24, 2.45) is 0 Å². The van der Waals surface area contributed by atoms with Crippen LogP contribution in [0.2, 0.25) is 10.0 Å². The summed E-state index contributed by atoms with van der Waals surface area (Å²) < 4.78 is 34.0. The minimum atomic E-state index is -4.07. The van der Waals surface area contributed by atoms with Crippen LogP contribution >= 0.6 is 23.2 Å². The number of rotatable bonds is 5. The quantitative estimate of drug-likeness (QED) is 0.489. The van der Waals surface area contributed by atoms with Gasteiger partial charge in [0.1, 0.15) is 10.6 Å². The van der Waals surface area contributed by atoms with Gasteiger partial charge in [0.2, 0.25) is 5.90 Å². The molecule has 0 saturated heterocycles. The minimum Gasteiger partial charge on any atom is -0.497 e. The largest absolute Gasteiger partial charge is 0.497 e. The van der Waals surface area contributed by atoms with E-state index in [1.54, 1.807) is 18.2 Å². The monoisotopic (exact) mass is 373 g/mol. The van der Waals surface area contributed by atoms with Gasteiger partial charge in [-0.25, -0.2) is 0 Å². The Hall–Kier alpha value is -1.76. The summed E-state index contributed by atoms with van der Waals surface area (Å²) in [5.41, 5.74) is 0.581. The van der Waals surface area contributed by atoms with Gasteiger partial charge >= 0.3 is 10.1 Å². The first kappa shape index (κ1) is 17.6. The van der Waals surface area contributed by atoms with Crippen LogP contribution in [0.4, 0.5) is 0 Å². The fourth-order valence-electron chi connectivity index (χ4n) is 1.85. The lowest BCUT2D eigenvalue weighted by Gasteiger charge is -2.09. The smallest absolute Gasteiger partial charge is 0.340 e. The van der Waals surface area contributed by atoms with Crippen LogP contribution in [0.15, 0.2) is 47.4 Å². The molecule has 0 heterocycles. The molecule has 2 aromatic rings. The number of nitrogens with one attached hydrogen (secondary N) is 1. The molecule has 122 valence electrons. The van der Waals surface area contributed by atoms with Crippen molar-refractivity contribution < 1.29 is 17.3 Å². The van der Waals surface area contributed by atoms with Crippen molar-refractivity contribution in [1.29, 1.82) is 5.41 Å². The van der Waals surface area contributed by atoms with E-state index in [9.17, 15) is 8.42 Å². The highest BCUT2D eigenvalue weighted by Crippen LogP contribution is 2.21. The Kier molecular flexibility index (Phi) is 5.51. The number of hydrogen-bond donors (Lipinski definition) is 1. The lowest BCUT2D eigenvalue weighted by Crippen LogP contribution is -2.14. The molecule has 0 radical (unpaired) electrons. The molecule has 8 heteroatoms. The van der Waals surface area contributed by atoms with Gasteiger partial charge in [-0.2, -0.15) is 8.42 Å². The summed E-state index contributed by atoms with van der Waals surface area (Å²) in [6.07, 6.45) is -0.0460. The summed E-state index contributed by atoms with van der Waals surface area (Å²) in [5, 5.41) is 8.54. The second kappa shape index (κ2) is 7.21. The molecule has 0 aliphatic rings. The van der Waals surface area contributed by atoms with E-state index in [1.165, 1.54) is 31.4 Å². The third kappa shape index (κ3) is 4.86. The van der Waals surface area contributed by atoms with Crippen LogP contribution in [-0.2, 0) is 20.7 Å². The van der Waals surface area contributed by atoms with Gasteiger partial charge in [0.05, 0.1) is 7.11 Å². The fourth-order valence-corrected chi connectivity index (χ4v) is 3.31. The van der Waals surface area contributed by atoms with Gasteiger partial charge in [0.15, 0.2) is 0 Å². The molecule has 0 saturated carbocycles. The van der Waals surface area contributed by atoms with E-state index in [0.29, 0.717) is 21.4 Å². The Balaban J connectivity index is 2.11. The zero-order valence-electron chi connectivity index (χ0n) is 12.0. The summed E-state index contributed by atoms with van der Waals surface area (Å²) in [7, 11) is -2.59. The average molecular weight is 374 g/mol. The average Bonchev–Trinajstić information content (AvgIpc) is 2.45. The van der Waals surface area contributed by atoms with E-state index in [1.807, 2.05) is 0 Å². The van der Waals surface area contributed by atoms with Crippen molar-refractivity contribution in [1.82, 2.24) is 0 Å². The predicted octanol–water partition coefficient (Wildman–Crippen LogP) is 3.93. The van der Waals surface area contributed by atoms with Crippen LogP contribution in [0.5, 0.6) is 5.75 Å². The Labute approximate surface area is 144 Å². The van der Waals surface area contributed by atoms with E-state index in [2.05, 4.69) is 0 Å². The van der Waals surface area contributed by atoms with Crippen molar-refractivity contribution >= 4 is 39.2 Å². The first-order valence-corrected chi connectivity index (χ1v) is 8.57. The van der Waals surface area contributed by atoms with Gasteiger partial charge in [0.25, 0.3) is 0 Å². The fraction of sp³-hybridized carbons (Fsp3) is 0.133. The van der Waals surface area contributed by atoms with Gasteiger partial charge in [-0.05, 0) is 48.0 Å². The van der Waals surface area contributed by atoms with Crippen molar-refractivity contribution in [2.75, 3.05) is 7.11 Å². The molecule has 0 fully saturated rings. The van der Waals surface area contributed by atoms with Crippen molar-refractivity contribution in [3.8, 4) is 5.75 Å². The van der Waals surface area contributed by atoms with E-state index in [-0.39, 0.29) is 11.3 Å². The zero-order chi connectivity index (χ0) is 17.0. The lowest BCUT2D eigenvalue weighted by atomic mass is 10.1. The molecule has 0 aliphatic heterocycles. The van der Waals surface area contributed by atoms with Crippen LogP contribution < -0.4 is 4.74 Å². The Morgan fingerprint density at radius 1 is 1.09 bits per heavy atom. The third-order valence-electron chi connectivity index (χ3n) is 2.85. The lowest BCUT2D eigenvalue weighted by molar-refractivity contribution is 0.414. The molecule has 0 aliphatic carbocycles. The van der Waals surface area contributed by atoms with Crippen molar-refractivity contribution in [3.63, 3.8) is 0 Å². The van der Waals surface area contributed by atoms with E-state index < -0.39 is 16.0 Å². The first-order valence-electron chi connectivity index (χ1n) is 6.41. The SMILES string of the molecule is COc1ccc(S(=O)(=O)OC(=N)Cc2cc(Cl)cc(Cl)c2)cc1. The summed E-state index contributed by atoms with van der Waals surface area (Å²) in [6.45, 7) is 0. The molecule has 1 N–H and O–H groups in total. The van der Waals surface area contributed by atoms with E-state index in [0.717, 1.165) is 0 Å². The van der Waals surface area contributed by atoms with Crippen molar-refractivity contribution in [3.05, 3.63) is 58.1 Å². The molecule has 5 nitrogen and oxygen atoms in total. The second-order valence-corrected chi connectivity index (χ2v) is 7.01. The highest BCUT2D eigenvalue weighted by atomic mass is 35.5. The van der Waals surface area contributed by atoms with Gasteiger partial charge < -0.3 is 8.92 Å². The zero-order valence-corrected chi connectivity index (χ0v) is 14.4. The topological polar surface area (TPSA) is 76.5 Å². The molecule has 0 aromatic heterocycles. The predicted molar refractivity (Wildman–Crippen MR) is 89.2 cm³/mol. The molecule has 2 rings (SSSR count). The molecule has 0 amide bonds. The maximum atomic E-state index is 12.1. The van der Waals surface area contributed by atoms with Gasteiger partial charge in [-0.3, -0.25) is 5.41 Å². The molecule has 2 aromatic carbocycles. The number of methoxy groups -OCH3 is 1. The molecule has 0 bridgehead atoms. The molecule has 23 heavy (non-hydrogen) atoms. The molecule has 0 unspecified atom stereocenters. The summed E-state index contributed by atoms with van der Waals surface area (Å²) in [5.74, 6) is 0.0896. The van der Waals surface area contributed by atoms with Gasteiger partial charge in [-0.1, -0.05) is 23.2 Å². The summed E-state index contributed by atoms with van der Waals surface area (Å²) in [4.78, 5) is -0.0628. The summed E-state index contributed by atoms with van der Waals surface area (Å²) >= 11 is 11.7. The number of hydrogen-bond acceptors (Lipinski definition) is 5. The van der Waals surface area contributed by atoms with E-state index >= 15 is 0 Å². The van der Waals surface area contributed by atoms with Crippen LogP contribution in [-0.4, -0.2) is 21.4 Å². The Bertz CT molecular complexity index is 800. The highest BCUT2D eigenvalue weighted by Gasteiger charge is 2.18. The molecular weight excluding hydrogens is 361 g/mol. The van der Waals surface area contributed by atoms with Crippen LogP contribution in [0.25, 0.3) is 0 Å². The molecular formula is C15H13Cl2NO4S. The van der Waals surface area contributed by atoms with Crippen LogP contribution in [0, 0.1) is 5.41 Å². The van der Waals surface area contributed by atoms with Crippen LogP contribution in [0.1, 0.15) is 5.56 Å². The number of ether oxygens (including phenoxy) is 1. The van der Waals surface area contributed by atoms with Crippen LogP contribution in [0.3, 0.4) is 0 Å². The third-order valence-corrected chi connectivity index (χ3v) is 4.55. The van der Waals surface area contributed by atoms with Crippen molar-refractivity contribution in [2.45, 2.75) is 11.3 Å². The maximum Gasteiger partial charge on any atom is 0.340 e. The first-order chi connectivity index (χ1) is 10.8. The van der Waals surface area contributed by atoms with Gasteiger partial charge in [-0.15, -0.1) is 0 Å². The second-order valence-electron chi connectivity index (χ2n) is 4.59. The molecule has 0 atom stereocenters. The Morgan fingerprint density at radius 2 is 1.65 bits per heavy atom. The van der Waals surface area contributed by atoms with Gasteiger partial charge in [0, 0.05) is 16.5 Å². The summed E-state index contributed by atoms with van der Waals surface area (Å²) in [6, 6.07) is 10.4. The normalized spacial score (nSPS) is 11.1. The van der Waals surface area contributed by atoms with E-state index in [4.69, 9.17) is 37.5 Å². The molecule has 0 spiro atoms. The maximum absolute atomic E-state index is 12.1. The Morgan fingerprint density at radius 3 is 2.17 bits per heavy atom. The minimum absolute atomic E-state index is 0.0460.